The fraction of sp³-hybridized carbons (Fsp3) is 0.250. The van der Waals surface area contributed by atoms with Crippen LogP contribution in [0.25, 0.3) is 5.57 Å². The smallest absolute Gasteiger partial charge is 0.179 e. The lowest BCUT2D eigenvalue weighted by Gasteiger charge is -2.29. The molecule has 2 aromatic rings. The number of rotatable bonds is 2. The van der Waals surface area contributed by atoms with Crippen LogP contribution in [0, 0.1) is 34.0 Å². The van der Waals surface area contributed by atoms with Gasteiger partial charge >= 0.3 is 0 Å². The number of nitrogens with zero attached hydrogens (tertiary/aromatic N) is 6. The van der Waals surface area contributed by atoms with Gasteiger partial charge in [-0.25, -0.2) is 9.97 Å². The first-order valence-electron chi connectivity index (χ1n) is 9.00. The number of nitrogens with one attached hydrogen (secondary N) is 2. The van der Waals surface area contributed by atoms with Crippen molar-refractivity contribution in [2.24, 2.45) is 0 Å². The normalized spacial score (nSPS) is 14.8. The van der Waals surface area contributed by atoms with E-state index in [1.54, 1.807) is 0 Å². The molecule has 3 heterocycles. The summed E-state index contributed by atoms with van der Waals surface area (Å²) in [5, 5.41) is 35.0. The third kappa shape index (κ3) is 2.96. The third-order valence-corrected chi connectivity index (χ3v) is 4.79. The van der Waals surface area contributed by atoms with Crippen molar-refractivity contribution in [2.75, 3.05) is 28.6 Å². The summed E-state index contributed by atoms with van der Waals surface area (Å²) >= 11 is 0. The zero-order valence-electron chi connectivity index (χ0n) is 15.0. The minimum Gasteiger partial charge on any atom is -0.355 e. The van der Waals surface area contributed by atoms with Gasteiger partial charge in [0.05, 0.1) is 11.4 Å². The Morgan fingerprint density at radius 1 is 0.893 bits per heavy atom. The number of hydrogen-bond acceptors (Lipinski definition) is 8. The van der Waals surface area contributed by atoms with Gasteiger partial charge in [0, 0.05) is 13.1 Å². The number of nitriles is 3. The molecule has 1 aromatic carbocycles. The molecule has 0 amide bonds. The number of para-hydroxylation sites is 2. The number of allylic oxidation sites excluding steroid dienone is 1. The van der Waals surface area contributed by atoms with E-state index in [1.165, 1.54) is 0 Å². The maximum Gasteiger partial charge on any atom is 0.179 e. The van der Waals surface area contributed by atoms with E-state index in [0.717, 1.165) is 43.7 Å². The van der Waals surface area contributed by atoms with Crippen LogP contribution in [-0.2, 0) is 0 Å². The molecule has 0 unspecified atom stereocenters. The van der Waals surface area contributed by atoms with E-state index in [2.05, 4.69) is 26.7 Å². The lowest BCUT2D eigenvalue weighted by Crippen LogP contribution is -2.32. The topological polar surface area (TPSA) is 124 Å². The third-order valence-electron chi connectivity index (χ3n) is 4.79. The Labute approximate surface area is 162 Å². The molecule has 0 saturated carbocycles. The van der Waals surface area contributed by atoms with Crippen LogP contribution in [0.15, 0.2) is 30.1 Å². The summed E-state index contributed by atoms with van der Waals surface area (Å²) in [7, 11) is 0. The van der Waals surface area contributed by atoms with Gasteiger partial charge in [0.15, 0.2) is 17.2 Å². The van der Waals surface area contributed by atoms with E-state index in [-0.39, 0.29) is 17.0 Å². The Balaban J connectivity index is 1.88. The molecule has 0 bridgehead atoms. The molecule has 136 valence electrons. The highest BCUT2D eigenvalue weighted by Crippen LogP contribution is 2.35. The fourth-order valence-corrected chi connectivity index (χ4v) is 3.43. The van der Waals surface area contributed by atoms with Crippen molar-refractivity contribution in [3.63, 3.8) is 0 Å². The summed E-state index contributed by atoms with van der Waals surface area (Å²) in [6.45, 7) is 1.54. The molecule has 28 heavy (non-hydrogen) atoms. The van der Waals surface area contributed by atoms with E-state index in [4.69, 9.17) is 0 Å². The highest BCUT2D eigenvalue weighted by atomic mass is 15.2. The molecule has 0 aliphatic carbocycles. The van der Waals surface area contributed by atoms with Crippen LogP contribution < -0.4 is 15.5 Å². The number of piperidine rings is 1. The standard InChI is InChI=1S/C20H16N8/c21-10-13(19-25-14-6-2-3-7-15(14)26-19)18-20(28-8-4-1-5-9-28)27-17(12-23)16(11-22)24-18/h2-3,6-7,25-26H,1,4-5,8-9H2. The second-order valence-electron chi connectivity index (χ2n) is 6.52. The summed E-state index contributed by atoms with van der Waals surface area (Å²) in [4.78, 5) is 10.8. The van der Waals surface area contributed by atoms with Gasteiger partial charge in [-0.15, -0.1) is 0 Å². The van der Waals surface area contributed by atoms with Gasteiger partial charge < -0.3 is 15.5 Å². The summed E-state index contributed by atoms with van der Waals surface area (Å²) in [5.41, 5.74) is 2.17. The van der Waals surface area contributed by atoms with E-state index >= 15 is 0 Å². The Morgan fingerprint density at radius 3 is 2.07 bits per heavy atom. The van der Waals surface area contributed by atoms with E-state index in [1.807, 2.05) is 41.3 Å². The van der Waals surface area contributed by atoms with Crippen LogP contribution >= 0.6 is 0 Å². The van der Waals surface area contributed by atoms with Crippen molar-refractivity contribution in [3.05, 3.63) is 47.2 Å². The molecule has 2 aliphatic heterocycles. The van der Waals surface area contributed by atoms with E-state index < -0.39 is 0 Å². The molecular weight excluding hydrogens is 352 g/mol. The van der Waals surface area contributed by atoms with Crippen LogP contribution in [0.1, 0.15) is 36.3 Å². The lowest BCUT2D eigenvalue weighted by molar-refractivity contribution is 0.572. The molecule has 2 aliphatic rings. The summed E-state index contributed by atoms with van der Waals surface area (Å²) in [5.74, 6) is 0.962. The Morgan fingerprint density at radius 2 is 1.50 bits per heavy atom. The highest BCUT2D eigenvalue weighted by molar-refractivity contribution is 5.92. The zero-order valence-corrected chi connectivity index (χ0v) is 15.0. The molecule has 0 spiro atoms. The molecule has 4 rings (SSSR count). The quantitative estimate of drug-likeness (QED) is 0.775. The lowest BCUT2D eigenvalue weighted by atomic mass is 10.1. The van der Waals surface area contributed by atoms with Crippen LogP contribution in [-0.4, -0.2) is 23.1 Å². The fourth-order valence-electron chi connectivity index (χ4n) is 3.43. The molecule has 1 saturated heterocycles. The van der Waals surface area contributed by atoms with Crippen molar-refractivity contribution in [2.45, 2.75) is 19.3 Å². The first-order chi connectivity index (χ1) is 13.7. The first kappa shape index (κ1) is 17.3. The molecule has 0 radical (unpaired) electrons. The SMILES string of the molecule is N#CC(=C1Nc2ccccc2N1)c1nc(C#N)c(C#N)nc1N1CCCCC1. The molecule has 2 N–H and O–H groups in total. The summed E-state index contributed by atoms with van der Waals surface area (Å²) in [6.07, 6.45) is 3.14. The minimum atomic E-state index is -0.0814. The van der Waals surface area contributed by atoms with E-state index in [9.17, 15) is 15.8 Å². The summed E-state index contributed by atoms with van der Waals surface area (Å²) in [6, 6.07) is 13.7. The summed E-state index contributed by atoms with van der Waals surface area (Å²) < 4.78 is 0. The Kier molecular flexibility index (Phi) is 4.50. The van der Waals surface area contributed by atoms with Crippen LogP contribution in [0.4, 0.5) is 17.2 Å². The number of benzene rings is 1. The molecular formula is C20H16N8. The van der Waals surface area contributed by atoms with Gasteiger partial charge in [0.25, 0.3) is 0 Å². The van der Waals surface area contributed by atoms with Crippen LogP contribution in [0.2, 0.25) is 0 Å². The molecule has 8 heteroatoms. The maximum atomic E-state index is 9.91. The van der Waals surface area contributed by atoms with Gasteiger partial charge in [-0.1, -0.05) is 12.1 Å². The number of hydrogen-bond donors (Lipinski definition) is 2. The van der Waals surface area contributed by atoms with Crippen molar-refractivity contribution < 1.29 is 0 Å². The Hall–Kier alpha value is -4.09. The maximum absolute atomic E-state index is 9.91. The predicted octanol–water partition coefficient (Wildman–Crippen LogP) is 2.94. The second-order valence-corrected chi connectivity index (χ2v) is 6.52. The van der Waals surface area contributed by atoms with Gasteiger partial charge in [-0.05, 0) is 31.4 Å². The average Bonchev–Trinajstić information content (AvgIpc) is 3.18. The van der Waals surface area contributed by atoms with Crippen molar-refractivity contribution in [1.29, 1.82) is 15.8 Å². The van der Waals surface area contributed by atoms with Gasteiger partial charge in [0.2, 0.25) is 0 Å². The van der Waals surface area contributed by atoms with E-state index in [0.29, 0.717) is 17.3 Å². The van der Waals surface area contributed by atoms with Crippen LogP contribution in [0.5, 0.6) is 0 Å². The molecule has 1 fully saturated rings. The average molecular weight is 368 g/mol. The molecule has 1 aromatic heterocycles. The first-order valence-corrected chi connectivity index (χ1v) is 9.00. The highest BCUT2D eigenvalue weighted by Gasteiger charge is 2.27. The van der Waals surface area contributed by atoms with Gasteiger partial charge in [-0.2, -0.15) is 15.8 Å². The monoisotopic (exact) mass is 368 g/mol. The largest absolute Gasteiger partial charge is 0.355 e. The van der Waals surface area contributed by atoms with Gasteiger partial charge in [-0.3, -0.25) is 0 Å². The molecule has 0 atom stereocenters. The van der Waals surface area contributed by atoms with Crippen molar-refractivity contribution in [1.82, 2.24) is 9.97 Å². The van der Waals surface area contributed by atoms with Gasteiger partial charge in [0.1, 0.15) is 35.3 Å². The van der Waals surface area contributed by atoms with Crippen LogP contribution in [0.3, 0.4) is 0 Å². The van der Waals surface area contributed by atoms with Crippen molar-refractivity contribution in [3.8, 4) is 18.2 Å². The number of aromatic nitrogens is 2. The number of anilines is 3. The second kappa shape index (κ2) is 7.26. The predicted molar refractivity (Wildman–Crippen MR) is 104 cm³/mol. The molecule has 8 nitrogen and oxygen atoms in total. The zero-order chi connectivity index (χ0) is 19.5. The Bertz CT molecular complexity index is 1060. The van der Waals surface area contributed by atoms with Crippen molar-refractivity contribution >= 4 is 22.8 Å². The number of fused-ring (bicyclic) bond motifs is 1. The minimum absolute atomic E-state index is 0.0234.